The van der Waals surface area contributed by atoms with Crippen LogP contribution in [0.15, 0.2) is 30.7 Å². The first-order valence-electron chi connectivity index (χ1n) is 7.31. The molecule has 1 aromatic heterocycles. The molecule has 0 unspecified atom stereocenters. The number of imidazole rings is 1. The van der Waals surface area contributed by atoms with Crippen molar-refractivity contribution in [2.75, 3.05) is 20.1 Å². The number of aromatic nitrogens is 2. The molecule has 0 bridgehead atoms. The summed E-state index contributed by atoms with van der Waals surface area (Å²) >= 11 is 0. The van der Waals surface area contributed by atoms with Crippen molar-refractivity contribution in [3.8, 4) is 0 Å². The third-order valence-electron chi connectivity index (χ3n) is 3.94. The van der Waals surface area contributed by atoms with Gasteiger partial charge in [-0.05, 0) is 42.6 Å². The molecule has 1 aromatic carbocycles. The first-order valence-corrected chi connectivity index (χ1v) is 7.31. The Morgan fingerprint density at radius 2 is 2.14 bits per heavy atom. The van der Waals surface area contributed by atoms with E-state index in [0.717, 1.165) is 25.9 Å². The van der Waals surface area contributed by atoms with Gasteiger partial charge in [-0.3, -0.25) is 4.79 Å². The molecule has 1 aliphatic rings. The molecule has 0 saturated carbocycles. The van der Waals surface area contributed by atoms with Crippen molar-refractivity contribution in [1.29, 1.82) is 0 Å². The lowest BCUT2D eigenvalue weighted by molar-refractivity contribution is 0.0954. The van der Waals surface area contributed by atoms with E-state index in [4.69, 9.17) is 0 Å². The van der Waals surface area contributed by atoms with Gasteiger partial charge in [0.25, 0.3) is 5.91 Å². The molecule has 0 aliphatic carbocycles. The van der Waals surface area contributed by atoms with Gasteiger partial charge in [-0.15, -0.1) is 0 Å². The Bertz CT molecular complexity index is 647. The second kappa shape index (κ2) is 6.10. The maximum Gasteiger partial charge on any atom is 0.269 e. The lowest BCUT2D eigenvalue weighted by atomic mass is 10.00. The van der Waals surface area contributed by atoms with Gasteiger partial charge < -0.3 is 15.2 Å². The van der Waals surface area contributed by atoms with Crippen LogP contribution >= 0.6 is 0 Å². The predicted octanol–water partition coefficient (Wildman–Crippen LogP) is 0.979. The van der Waals surface area contributed by atoms with Crippen molar-refractivity contribution < 1.29 is 4.79 Å². The topological polar surface area (TPSA) is 59.0 Å². The first-order chi connectivity index (χ1) is 10.3. The predicted molar refractivity (Wildman–Crippen MR) is 81.4 cm³/mol. The van der Waals surface area contributed by atoms with Crippen molar-refractivity contribution >= 4 is 5.91 Å². The summed E-state index contributed by atoms with van der Waals surface area (Å²) in [5, 5.41) is 6.07. The quantitative estimate of drug-likeness (QED) is 0.883. The fourth-order valence-corrected chi connectivity index (χ4v) is 2.79. The molecule has 0 saturated heterocycles. The Morgan fingerprint density at radius 1 is 1.33 bits per heavy atom. The van der Waals surface area contributed by atoms with Crippen LogP contribution in [-0.4, -0.2) is 35.6 Å². The van der Waals surface area contributed by atoms with Gasteiger partial charge in [0.05, 0.1) is 12.5 Å². The van der Waals surface area contributed by atoms with Gasteiger partial charge >= 0.3 is 0 Å². The normalized spacial score (nSPS) is 14.3. The van der Waals surface area contributed by atoms with Crippen molar-refractivity contribution in [2.24, 2.45) is 0 Å². The number of nitrogens with zero attached hydrogens (tertiary/aromatic N) is 2. The average Bonchev–Trinajstić information content (AvgIpc) is 2.83. The van der Waals surface area contributed by atoms with Crippen LogP contribution in [0.2, 0.25) is 0 Å². The molecule has 5 nitrogen and oxygen atoms in total. The molecule has 3 rings (SSSR count). The van der Waals surface area contributed by atoms with E-state index in [-0.39, 0.29) is 5.91 Å². The minimum atomic E-state index is -0.105. The lowest BCUT2D eigenvalue weighted by Crippen LogP contribution is -2.21. The third kappa shape index (κ3) is 2.97. The third-order valence-corrected chi connectivity index (χ3v) is 3.94. The minimum absolute atomic E-state index is 0.105. The van der Waals surface area contributed by atoms with Crippen LogP contribution in [0.3, 0.4) is 0 Å². The van der Waals surface area contributed by atoms with E-state index in [2.05, 4.69) is 33.8 Å². The Balaban J connectivity index is 1.84. The highest BCUT2D eigenvalue weighted by molar-refractivity contribution is 5.92. The molecule has 0 radical (unpaired) electrons. The maximum atomic E-state index is 11.8. The molecule has 1 aliphatic heterocycles. The first kappa shape index (κ1) is 13.8. The van der Waals surface area contributed by atoms with Crippen LogP contribution in [0.5, 0.6) is 0 Å². The number of hydrogen-bond acceptors (Lipinski definition) is 3. The molecule has 0 atom stereocenters. The highest BCUT2D eigenvalue weighted by Gasteiger charge is 2.12. The highest BCUT2D eigenvalue weighted by atomic mass is 16.1. The monoisotopic (exact) mass is 284 g/mol. The molecule has 2 N–H and O–H groups in total. The van der Waals surface area contributed by atoms with Crippen LogP contribution in [-0.2, 0) is 19.4 Å². The summed E-state index contributed by atoms with van der Waals surface area (Å²) < 4.78 is 1.88. The van der Waals surface area contributed by atoms with E-state index in [1.54, 1.807) is 19.6 Å². The van der Waals surface area contributed by atoms with Gasteiger partial charge in [-0.1, -0.05) is 18.2 Å². The summed E-state index contributed by atoms with van der Waals surface area (Å²) in [5.41, 5.74) is 4.65. The van der Waals surface area contributed by atoms with Gasteiger partial charge in [0.2, 0.25) is 0 Å². The number of hydrogen-bond donors (Lipinski definition) is 2. The molecule has 110 valence electrons. The minimum Gasteiger partial charge on any atom is -0.354 e. The number of carbonyl (C=O) groups is 1. The molecule has 5 heteroatoms. The second-order valence-electron chi connectivity index (χ2n) is 5.34. The Morgan fingerprint density at radius 3 is 2.95 bits per heavy atom. The number of fused-ring (bicyclic) bond motifs is 1. The van der Waals surface area contributed by atoms with Crippen molar-refractivity contribution in [3.63, 3.8) is 0 Å². The number of carbonyl (C=O) groups excluding carboxylic acids is 1. The fraction of sp³-hybridized carbons (Fsp3) is 0.375. The van der Waals surface area contributed by atoms with Gasteiger partial charge in [-0.2, -0.15) is 0 Å². The van der Waals surface area contributed by atoms with Crippen molar-refractivity contribution in [1.82, 2.24) is 20.2 Å². The van der Waals surface area contributed by atoms with E-state index in [0.29, 0.717) is 12.2 Å². The zero-order valence-electron chi connectivity index (χ0n) is 12.2. The van der Waals surface area contributed by atoms with Crippen molar-refractivity contribution in [3.05, 3.63) is 53.1 Å². The van der Waals surface area contributed by atoms with Gasteiger partial charge in [0.1, 0.15) is 5.69 Å². The van der Waals surface area contributed by atoms with Gasteiger partial charge in [0.15, 0.2) is 0 Å². The maximum absolute atomic E-state index is 11.8. The Kier molecular flexibility index (Phi) is 4.01. The Hall–Kier alpha value is -2.14. The zero-order chi connectivity index (χ0) is 14.7. The van der Waals surface area contributed by atoms with Crippen LogP contribution < -0.4 is 10.6 Å². The molecular formula is C16H20N4O. The number of benzene rings is 1. The smallest absolute Gasteiger partial charge is 0.269 e. The largest absolute Gasteiger partial charge is 0.354 e. The summed E-state index contributed by atoms with van der Waals surface area (Å²) in [6.45, 7) is 2.75. The van der Waals surface area contributed by atoms with Gasteiger partial charge in [0, 0.05) is 13.6 Å². The SMILES string of the molecule is CNC(=O)c1cncn1Cc1ccc2c(c1)CCNCC2. The van der Waals surface area contributed by atoms with E-state index < -0.39 is 0 Å². The average molecular weight is 284 g/mol. The van der Waals surface area contributed by atoms with Crippen molar-refractivity contribution in [2.45, 2.75) is 19.4 Å². The van der Waals surface area contributed by atoms with Crippen LogP contribution in [0, 0.1) is 0 Å². The number of amides is 1. The molecule has 2 aromatic rings. The summed E-state index contributed by atoms with van der Waals surface area (Å²) in [6, 6.07) is 6.63. The summed E-state index contributed by atoms with van der Waals surface area (Å²) in [5.74, 6) is -0.105. The highest BCUT2D eigenvalue weighted by Crippen LogP contribution is 2.16. The fourth-order valence-electron chi connectivity index (χ4n) is 2.79. The number of rotatable bonds is 3. The van der Waals surface area contributed by atoms with E-state index in [9.17, 15) is 4.79 Å². The summed E-state index contributed by atoms with van der Waals surface area (Å²) in [6.07, 6.45) is 5.46. The summed E-state index contributed by atoms with van der Waals surface area (Å²) in [7, 11) is 1.63. The molecular weight excluding hydrogens is 264 g/mol. The molecule has 21 heavy (non-hydrogen) atoms. The number of nitrogens with one attached hydrogen (secondary N) is 2. The van der Waals surface area contributed by atoms with E-state index in [1.807, 2.05) is 4.57 Å². The van der Waals surface area contributed by atoms with Crippen LogP contribution in [0.4, 0.5) is 0 Å². The standard InChI is InChI=1S/C16H20N4O/c1-17-16(21)15-9-19-11-20(15)10-12-2-3-13-4-6-18-7-5-14(13)8-12/h2-3,8-9,11,18H,4-7,10H2,1H3,(H,17,21). The second-order valence-corrected chi connectivity index (χ2v) is 5.34. The summed E-state index contributed by atoms with van der Waals surface area (Å²) in [4.78, 5) is 15.9. The van der Waals surface area contributed by atoms with E-state index in [1.165, 1.54) is 16.7 Å². The van der Waals surface area contributed by atoms with Crippen LogP contribution in [0.25, 0.3) is 0 Å². The van der Waals surface area contributed by atoms with Gasteiger partial charge in [-0.25, -0.2) is 4.98 Å². The molecule has 0 fully saturated rings. The molecule has 2 heterocycles. The molecule has 0 spiro atoms. The van der Waals surface area contributed by atoms with E-state index >= 15 is 0 Å². The Labute approximate surface area is 124 Å². The van der Waals surface area contributed by atoms with Crippen LogP contribution in [0.1, 0.15) is 27.2 Å². The lowest BCUT2D eigenvalue weighted by Gasteiger charge is -2.11. The molecule has 1 amide bonds. The zero-order valence-corrected chi connectivity index (χ0v) is 12.2.